The Bertz CT molecular complexity index is 1040. The van der Waals surface area contributed by atoms with Crippen LogP contribution in [-0.2, 0) is 24.1 Å². The van der Waals surface area contributed by atoms with E-state index in [1.54, 1.807) is 0 Å². The van der Waals surface area contributed by atoms with E-state index in [-0.39, 0.29) is 18.0 Å². The van der Waals surface area contributed by atoms with E-state index in [0.717, 1.165) is 40.7 Å². The predicted octanol–water partition coefficient (Wildman–Crippen LogP) is 4.52. The number of rotatable bonds is 6. The first-order valence-electron chi connectivity index (χ1n) is 10.5. The summed E-state index contributed by atoms with van der Waals surface area (Å²) in [7, 11) is 0. The predicted molar refractivity (Wildman–Crippen MR) is 120 cm³/mol. The van der Waals surface area contributed by atoms with Crippen molar-refractivity contribution in [1.82, 2.24) is 24.5 Å². The Morgan fingerprint density at radius 2 is 1.90 bits per heavy atom. The Kier molecular flexibility index (Phi) is 5.84. The lowest BCUT2D eigenvalue weighted by molar-refractivity contribution is -0.131. The van der Waals surface area contributed by atoms with Gasteiger partial charge in [-0.1, -0.05) is 18.7 Å². The van der Waals surface area contributed by atoms with Crippen molar-refractivity contribution >= 4 is 44.9 Å². The van der Waals surface area contributed by atoms with Crippen molar-refractivity contribution in [2.24, 2.45) is 0 Å². The summed E-state index contributed by atoms with van der Waals surface area (Å²) >= 11 is 3.29. The molecule has 0 saturated carbocycles. The molecule has 0 spiro atoms. The molecule has 0 atom stereocenters. The molecule has 6 nitrogen and oxygen atoms in total. The number of aryl methyl sites for hydroxylation is 3. The third-order valence-electron chi connectivity index (χ3n) is 5.54. The Labute approximate surface area is 180 Å². The number of carbonyl (C=O) groups is 1. The van der Waals surface area contributed by atoms with Gasteiger partial charge in [-0.25, -0.2) is 4.98 Å². The van der Waals surface area contributed by atoms with E-state index in [4.69, 9.17) is 4.98 Å². The highest BCUT2D eigenvalue weighted by atomic mass is 32.2. The third-order valence-corrected chi connectivity index (χ3v) is 7.64. The number of thiophene rings is 1. The van der Waals surface area contributed by atoms with Gasteiger partial charge in [0, 0.05) is 23.4 Å². The van der Waals surface area contributed by atoms with Crippen LogP contribution in [0, 0.1) is 0 Å². The molecule has 0 N–H and O–H groups in total. The normalized spacial score (nSPS) is 14.3. The Morgan fingerprint density at radius 1 is 1.17 bits per heavy atom. The monoisotopic (exact) mass is 431 g/mol. The van der Waals surface area contributed by atoms with Crippen molar-refractivity contribution in [2.75, 3.05) is 5.75 Å². The quantitative estimate of drug-likeness (QED) is 0.537. The Balaban J connectivity index is 1.72. The molecule has 0 radical (unpaired) electrons. The lowest BCUT2D eigenvalue weighted by atomic mass is 9.97. The summed E-state index contributed by atoms with van der Waals surface area (Å²) in [6, 6.07) is 0.367. The molecule has 0 fully saturated rings. The number of amides is 1. The van der Waals surface area contributed by atoms with Gasteiger partial charge in [-0.05, 0) is 58.9 Å². The molecule has 1 aliphatic rings. The van der Waals surface area contributed by atoms with Crippen LogP contribution in [0.1, 0.15) is 63.7 Å². The van der Waals surface area contributed by atoms with Gasteiger partial charge < -0.3 is 4.90 Å². The van der Waals surface area contributed by atoms with E-state index >= 15 is 0 Å². The van der Waals surface area contributed by atoms with Crippen LogP contribution in [0.15, 0.2) is 5.16 Å². The van der Waals surface area contributed by atoms with Gasteiger partial charge >= 0.3 is 0 Å². The molecule has 3 aromatic rings. The topological polar surface area (TPSA) is 63.4 Å². The SMILES string of the molecule is CCc1nc2sc3c(c2c2nnc(SCC(=O)N(C(C)C)C(C)C)n12)CCCC3. The van der Waals surface area contributed by atoms with Gasteiger partial charge in [0.2, 0.25) is 5.91 Å². The van der Waals surface area contributed by atoms with Crippen LogP contribution < -0.4 is 0 Å². The zero-order chi connectivity index (χ0) is 20.7. The number of aromatic nitrogens is 4. The smallest absolute Gasteiger partial charge is 0.233 e. The second-order valence-corrected chi connectivity index (χ2v) is 10.2. The summed E-state index contributed by atoms with van der Waals surface area (Å²) in [5, 5.41) is 11.0. The van der Waals surface area contributed by atoms with Crippen molar-refractivity contribution in [3.8, 4) is 0 Å². The molecule has 3 aromatic heterocycles. The van der Waals surface area contributed by atoms with Crippen molar-refractivity contribution in [3.05, 3.63) is 16.3 Å². The summed E-state index contributed by atoms with van der Waals surface area (Å²) in [5.41, 5.74) is 2.33. The molecular weight excluding hydrogens is 402 g/mol. The minimum atomic E-state index is 0.136. The number of hydrogen-bond acceptors (Lipinski definition) is 6. The maximum Gasteiger partial charge on any atom is 0.233 e. The van der Waals surface area contributed by atoms with E-state index in [1.165, 1.54) is 40.4 Å². The largest absolute Gasteiger partial charge is 0.337 e. The van der Waals surface area contributed by atoms with Crippen molar-refractivity contribution in [2.45, 2.75) is 84.0 Å². The fourth-order valence-corrected chi connectivity index (χ4v) is 6.49. The van der Waals surface area contributed by atoms with Gasteiger partial charge in [0.05, 0.1) is 11.1 Å². The fraction of sp³-hybridized carbons (Fsp3) is 0.619. The van der Waals surface area contributed by atoms with Gasteiger partial charge in [0.15, 0.2) is 10.8 Å². The third kappa shape index (κ3) is 3.65. The molecule has 1 aliphatic carbocycles. The zero-order valence-corrected chi connectivity index (χ0v) is 19.5. The molecule has 4 rings (SSSR count). The molecular formula is C21H29N5OS2. The van der Waals surface area contributed by atoms with Crippen molar-refractivity contribution < 1.29 is 4.79 Å². The highest BCUT2D eigenvalue weighted by Gasteiger charge is 2.25. The maximum absolute atomic E-state index is 12.8. The average Bonchev–Trinajstić information content (AvgIpc) is 3.25. The molecule has 0 aliphatic heterocycles. The molecule has 0 bridgehead atoms. The summed E-state index contributed by atoms with van der Waals surface area (Å²) in [4.78, 5) is 22.3. The number of fused-ring (bicyclic) bond motifs is 5. The summed E-state index contributed by atoms with van der Waals surface area (Å²) in [5.74, 6) is 1.47. The van der Waals surface area contributed by atoms with Crippen LogP contribution in [0.25, 0.3) is 15.9 Å². The molecule has 0 unspecified atom stereocenters. The second kappa shape index (κ2) is 8.22. The van der Waals surface area contributed by atoms with Crippen LogP contribution in [0.5, 0.6) is 0 Å². The second-order valence-electron chi connectivity index (χ2n) is 8.19. The minimum absolute atomic E-state index is 0.136. The number of hydrogen-bond donors (Lipinski definition) is 0. The number of thioether (sulfide) groups is 1. The maximum atomic E-state index is 12.8. The highest BCUT2D eigenvalue weighted by Crippen LogP contribution is 2.38. The lowest BCUT2D eigenvalue weighted by Gasteiger charge is -2.30. The van der Waals surface area contributed by atoms with Crippen LogP contribution in [-0.4, -0.2) is 48.2 Å². The van der Waals surface area contributed by atoms with E-state index in [9.17, 15) is 4.79 Å². The zero-order valence-electron chi connectivity index (χ0n) is 17.9. The first-order chi connectivity index (χ1) is 13.9. The molecule has 0 aromatic carbocycles. The van der Waals surface area contributed by atoms with Crippen LogP contribution in [0.2, 0.25) is 0 Å². The van der Waals surface area contributed by atoms with Gasteiger partial charge in [0.1, 0.15) is 10.7 Å². The van der Waals surface area contributed by atoms with Gasteiger partial charge in [-0.15, -0.1) is 21.5 Å². The summed E-state index contributed by atoms with van der Waals surface area (Å²) in [6.07, 6.45) is 5.54. The van der Waals surface area contributed by atoms with Crippen molar-refractivity contribution in [1.29, 1.82) is 0 Å². The molecule has 3 heterocycles. The molecule has 8 heteroatoms. The Hall–Kier alpha value is -1.67. The average molecular weight is 432 g/mol. The molecule has 0 saturated heterocycles. The van der Waals surface area contributed by atoms with Crippen LogP contribution >= 0.6 is 23.1 Å². The van der Waals surface area contributed by atoms with E-state index in [1.807, 2.05) is 16.2 Å². The number of carbonyl (C=O) groups excluding carboxylic acids is 1. The van der Waals surface area contributed by atoms with E-state index < -0.39 is 0 Å². The van der Waals surface area contributed by atoms with Crippen LogP contribution in [0.3, 0.4) is 0 Å². The van der Waals surface area contributed by atoms with Gasteiger partial charge in [-0.3, -0.25) is 9.20 Å². The van der Waals surface area contributed by atoms with Gasteiger partial charge in [-0.2, -0.15) is 0 Å². The van der Waals surface area contributed by atoms with E-state index in [0.29, 0.717) is 5.75 Å². The molecule has 156 valence electrons. The standard InChI is InChI=1S/C21H29N5OS2/c1-6-16-22-20-18(14-9-7-8-10-15(14)29-20)19-23-24-21(26(16)19)28-11-17(27)25(12(2)3)13(4)5/h12-13H,6-11H2,1-5H3. The van der Waals surface area contributed by atoms with Gasteiger partial charge in [0.25, 0.3) is 0 Å². The van der Waals surface area contributed by atoms with Crippen LogP contribution in [0.4, 0.5) is 0 Å². The first-order valence-corrected chi connectivity index (χ1v) is 12.3. The molecule has 1 amide bonds. The van der Waals surface area contributed by atoms with E-state index in [2.05, 4.69) is 49.2 Å². The number of nitrogens with zero attached hydrogens (tertiary/aromatic N) is 5. The lowest BCUT2D eigenvalue weighted by Crippen LogP contribution is -2.43. The first kappa shape index (κ1) is 20.6. The highest BCUT2D eigenvalue weighted by molar-refractivity contribution is 7.99. The summed E-state index contributed by atoms with van der Waals surface area (Å²) < 4.78 is 2.08. The summed E-state index contributed by atoms with van der Waals surface area (Å²) in [6.45, 7) is 10.4. The Morgan fingerprint density at radius 3 is 2.59 bits per heavy atom. The minimum Gasteiger partial charge on any atom is -0.337 e. The fourth-order valence-electron chi connectivity index (χ4n) is 4.40. The van der Waals surface area contributed by atoms with Crippen molar-refractivity contribution in [3.63, 3.8) is 0 Å². The molecule has 29 heavy (non-hydrogen) atoms.